The van der Waals surface area contributed by atoms with Crippen molar-refractivity contribution in [1.29, 1.82) is 0 Å². The third-order valence-electron chi connectivity index (χ3n) is 4.79. The Morgan fingerprint density at radius 1 is 1.15 bits per heavy atom. The summed E-state index contributed by atoms with van der Waals surface area (Å²) in [5.41, 5.74) is 1.11. The van der Waals surface area contributed by atoms with E-state index in [1.165, 1.54) is 10.8 Å². The largest absolute Gasteiger partial charge is 0.348 e. The number of hydrogen-bond donors (Lipinski definition) is 0. The molecule has 8 heteroatoms. The van der Waals surface area contributed by atoms with E-state index < -0.39 is 0 Å². The number of nitrogens with zero attached hydrogens (tertiary/aromatic N) is 5. The Morgan fingerprint density at radius 3 is 2.65 bits per heavy atom. The molecule has 1 atom stereocenters. The molecule has 1 aromatic carbocycles. The quantitative estimate of drug-likeness (QED) is 0.518. The number of piperazine rings is 1. The minimum Gasteiger partial charge on any atom is -0.348 e. The van der Waals surface area contributed by atoms with E-state index in [-0.39, 0.29) is 16.7 Å². The fourth-order valence-electron chi connectivity index (χ4n) is 3.32. The molecular formula is C18H19N5O2S. The first-order valence-corrected chi connectivity index (χ1v) is 9.39. The molecule has 1 aliphatic rings. The van der Waals surface area contributed by atoms with Gasteiger partial charge in [-0.05, 0) is 25.1 Å². The fourth-order valence-corrected chi connectivity index (χ4v) is 4.37. The van der Waals surface area contributed by atoms with Gasteiger partial charge in [0.2, 0.25) is 5.82 Å². The lowest BCUT2D eigenvalue weighted by atomic mass is 10.2. The molecule has 26 heavy (non-hydrogen) atoms. The predicted octanol–water partition coefficient (Wildman–Crippen LogP) is 3.48. The summed E-state index contributed by atoms with van der Waals surface area (Å²) in [7, 11) is 0. The Labute approximate surface area is 155 Å². The van der Waals surface area contributed by atoms with Crippen LogP contribution >= 0.6 is 11.3 Å². The van der Waals surface area contributed by atoms with Crippen LogP contribution in [0, 0.1) is 10.1 Å². The van der Waals surface area contributed by atoms with Gasteiger partial charge in [-0.2, -0.15) is 0 Å². The maximum atomic E-state index is 11.2. The van der Waals surface area contributed by atoms with Crippen LogP contribution in [0.25, 0.3) is 10.2 Å². The molecule has 134 valence electrons. The summed E-state index contributed by atoms with van der Waals surface area (Å²) >= 11 is 1.73. The molecule has 7 nitrogen and oxygen atoms in total. The lowest BCUT2D eigenvalue weighted by Crippen LogP contribution is -2.47. The van der Waals surface area contributed by atoms with Crippen molar-refractivity contribution in [2.45, 2.75) is 13.0 Å². The molecule has 0 amide bonds. The second-order valence-corrected chi connectivity index (χ2v) is 7.38. The van der Waals surface area contributed by atoms with Crippen molar-refractivity contribution in [3.63, 3.8) is 0 Å². The van der Waals surface area contributed by atoms with Crippen molar-refractivity contribution in [1.82, 2.24) is 14.9 Å². The van der Waals surface area contributed by atoms with Crippen molar-refractivity contribution < 1.29 is 4.92 Å². The number of fused-ring (bicyclic) bond motifs is 1. The third-order valence-corrected chi connectivity index (χ3v) is 6.00. The van der Waals surface area contributed by atoms with Gasteiger partial charge < -0.3 is 4.90 Å². The summed E-state index contributed by atoms with van der Waals surface area (Å²) in [5.74, 6) is 0.463. The molecule has 0 aliphatic carbocycles. The lowest BCUT2D eigenvalue weighted by molar-refractivity contribution is -0.384. The van der Waals surface area contributed by atoms with E-state index in [9.17, 15) is 10.1 Å². The first kappa shape index (κ1) is 16.9. The van der Waals surface area contributed by atoms with Crippen molar-refractivity contribution >= 4 is 33.1 Å². The van der Waals surface area contributed by atoms with Crippen molar-refractivity contribution in [3.8, 4) is 0 Å². The number of anilines is 1. The third kappa shape index (κ3) is 3.13. The molecule has 0 radical (unpaired) electrons. The zero-order valence-electron chi connectivity index (χ0n) is 14.4. The van der Waals surface area contributed by atoms with Gasteiger partial charge >= 0.3 is 5.69 Å². The van der Waals surface area contributed by atoms with Gasteiger partial charge in [-0.1, -0.05) is 12.1 Å². The fraction of sp³-hybridized carbons (Fsp3) is 0.333. The molecule has 0 bridgehead atoms. The molecule has 1 fully saturated rings. The molecule has 0 saturated carbocycles. The number of hydrogen-bond acceptors (Lipinski definition) is 7. The number of nitro groups is 1. The number of benzene rings is 1. The highest BCUT2D eigenvalue weighted by molar-refractivity contribution is 7.18. The van der Waals surface area contributed by atoms with Crippen molar-refractivity contribution in [2.24, 2.45) is 0 Å². The van der Waals surface area contributed by atoms with E-state index in [1.54, 1.807) is 23.6 Å². The van der Waals surface area contributed by atoms with Gasteiger partial charge in [0.15, 0.2) is 0 Å². The molecule has 2 aromatic heterocycles. The zero-order chi connectivity index (χ0) is 18.1. The zero-order valence-corrected chi connectivity index (χ0v) is 15.2. The Morgan fingerprint density at radius 2 is 1.92 bits per heavy atom. The van der Waals surface area contributed by atoms with Gasteiger partial charge in [0.1, 0.15) is 5.01 Å². The standard InChI is InChI=1S/C18H19N5O2S/c1-13(18-20-14-5-2-3-7-16(14)26-18)21-9-11-22(12-10-21)17-15(23(24)25)6-4-8-19-17/h2-8,13H,9-12H2,1H3. The van der Waals surface area contributed by atoms with Crippen LogP contribution < -0.4 is 4.90 Å². The van der Waals surface area contributed by atoms with Gasteiger partial charge in [-0.3, -0.25) is 15.0 Å². The van der Waals surface area contributed by atoms with Crippen LogP contribution in [0.15, 0.2) is 42.6 Å². The average Bonchev–Trinajstić information content (AvgIpc) is 3.12. The summed E-state index contributed by atoms with van der Waals surface area (Å²) in [6.07, 6.45) is 1.61. The van der Waals surface area contributed by atoms with Crippen molar-refractivity contribution in [2.75, 3.05) is 31.1 Å². The van der Waals surface area contributed by atoms with Gasteiger partial charge in [-0.15, -0.1) is 11.3 Å². The topological polar surface area (TPSA) is 75.4 Å². The van der Waals surface area contributed by atoms with Crippen LogP contribution in [-0.4, -0.2) is 46.0 Å². The van der Waals surface area contributed by atoms with E-state index in [1.807, 2.05) is 23.1 Å². The smallest absolute Gasteiger partial charge is 0.311 e. The first-order valence-electron chi connectivity index (χ1n) is 8.57. The summed E-state index contributed by atoms with van der Waals surface area (Å²) in [6.45, 7) is 5.26. The second kappa shape index (κ2) is 6.97. The molecule has 4 rings (SSSR count). The van der Waals surface area contributed by atoms with E-state index in [0.717, 1.165) is 23.6 Å². The number of para-hydroxylation sites is 1. The Bertz CT molecular complexity index is 903. The average molecular weight is 369 g/mol. The van der Waals surface area contributed by atoms with E-state index in [0.29, 0.717) is 18.9 Å². The highest BCUT2D eigenvalue weighted by atomic mass is 32.1. The van der Waals surface area contributed by atoms with Gasteiger partial charge in [0.25, 0.3) is 0 Å². The summed E-state index contributed by atoms with van der Waals surface area (Å²) in [5, 5.41) is 12.3. The van der Waals surface area contributed by atoms with Crippen LogP contribution in [0.4, 0.5) is 11.5 Å². The van der Waals surface area contributed by atoms with E-state index in [2.05, 4.69) is 22.9 Å². The molecule has 1 saturated heterocycles. The summed E-state index contributed by atoms with van der Waals surface area (Å²) in [6, 6.07) is 11.5. The minimum absolute atomic E-state index is 0.0696. The van der Waals surface area contributed by atoms with Crippen molar-refractivity contribution in [3.05, 3.63) is 57.7 Å². The maximum Gasteiger partial charge on any atom is 0.311 e. The SMILES string of the molecule is CC(c1nc2ccccc2s1)N1CCN(c2ncccc2[N+](=O)[O-])CC1. The van der Waals surface area contributed by atoms with Gasteiger partial charge in [0.05, 0.1) is 21.2 Å². The van der Waals surface area contributed by atoms with Crippen LogP contribution in [-0.2, 0) is 0 Å². The molecule has 1 aliphatic heterocycles. The predicted molar refractivity (Wildman–Crippen MR) is 103 cm³/mol. The van der Waals surface area contributed by atoms with Crippen LogP contribution in [0.1, 0.15) is 18.0 Å². The van der Waals surface area contributed by atoms with Crippen LogP contribution in [0.3, 0.4) is 0 Å². The van der Waals surface area contributed by atoms with Crippen LogP contribution in [0.2, 0.25) is 0 Å². The molecule has 1 unspecified atom stereocenters. The minimum atomic E-state index is -0.363. The first-order chi connectivity index (χ1) is 12.6. The Balaban J connectivity index is 1.47. The highest BCUT2D eigenvalue weighted by Crippen LogP contribution is 2.31. The number of pyridine rings is 1. The Hall–Kier alpha value is -2.58. The summed E-state index contributed by atoms with van der Waals surface area (Å²) in [4.78, 5) is 24.2. The van der Waals surface area contributed by atoms with E-state index in [4.69, 9.17) is 4.98 Å². The normalized spacial score (nSPS) is 16.7. The second-order valence-electron chi connectivity index (χ2n) is 6.32. The Kier molecular flexibility index (Phi) is 4.52. The van der Waals surface area contributed by atoms with Crippen LogP contribution in [0.5, 0.6) is 0 Å². The molecular weight excluding hydrogens is 350 g/mol. The van der Waals surface area contributed by atoms with Gasteiger partial charge in [0, 0.05) is 38.4 Å². The molecule has 3 aromatic rings. The summed E-state index contributed by atoms with van der Waals surface area (Å²) < 4.78 is 1.21. The monoisotopic (exact) mass is 369 g/mol. The number of rotatable bonds is 4. The molecule has 0 spiro atoms. The maximum absolute atomic E-state index is 11.2. The van der Waals surface area contributed by atoms with Gasteiger partial charge in [-0.25, -0.2) is 9.97 Å². The lowest BCUT2D eigenvalue weighted by Gasteiger charge is -2.37. The van der Waals surface area contributed by atoms with E-state index >= 15 is 0 Å². The molecule has 0 N–H and O–H groups in total. The number of aromatic nitrogens is 2. The highest BCUT2D eigenvalue weighted by Gasteiger charge is 2.28. The number of thiazole rings is 1. The molecule has 3 heterocycles.